The topological polar surface area (TPSA) is 75.3 Å². The summed E-state index contributed by atoms with van der Waals surface area (Å²) in [5.74, 6) is -0.873. The first-order valence-corrected chi connectivity index (χ1v) is 9.96. The third-order valence-corrected chi connectivity index (χ3v) is 5.28. The molecule has 4 N–H and O–H groups in total. The van der Waals surface area contributed by atoms with E-state index < -0.39 is 17.6 Å². The van der Waals surface area contributed by atoms with Crippen LogP contribution in [0.15, 0.2) is 84.9 Å². The van der Waals surface area contributed by atoms with Crippen molar-refractivity contribution in [3.05, 3.63) is 107 Å². The van der Waals surface area contributed by atoms with Gasteiger partial charge in [-0.2, -0.15) is 0 Å². The van der Waals surface area contributed by atoms with E-state index in [1.54, 1.807) is 0 Å². The molecule has 3 aromatic rings. The van der Waals surface area contributed by atoms with Gasteiger partial charge in [-0.05, 0) is 43.0 Å². The van der Waals surface area contributed by atoms with Crippen LogP contribution in [0.3, 0.4) is 0 Å². The summed E-state index contributed by atoms with van der Waals surface area (Å²) in [5, 5.41) is 13.5. The van der Waals surface area contributed by atoms with Crippen LogP contribution in [0.25, 0.3) is 0 Å². The van der Waals surface area contributed by atoms with Crippen LogP contribution in [-0.2, 0) is 10.3 Å². The summed E-state index contributed by atoms with van der Waals surface area (Å²) in [5.41, 5.74) is 9.02. The Kier molecular flexibility index (Phi) is 6.81. The maximum absolute atomic E-state index is 12.1. The molecule has 3 aromatic carbocycles. The van der Waals surface area contributed by atoms with Crippen molar-refractivity contribution in [2.75, 3.05) is 6.54 Å². The standard InChI is InChI=1S/C25H28N2O2/c1-19-14-16-22(17-15-19)25(20-9-4-2-5-10-20,21-11-6-3-7-12-21)27-23(24(28)29)13-8-18-26/h2-7,9-12,14-17,23,27H,8,13,18,26H2,1H3,(H,28,29). The Morgan fingerprint density at radius 1 is 0.897 bits per heavy atom. The molecule has 1 atom stereocenters. The van der Waals surface area contributed by atoms with E-state index in [1.807, 2.05) is 67.6 Å². The zero-order chi connectivity index (χ0) is 20.7. The second kappa shape index (κ2) is 9.50. The van der Waals surface area contributed by atoms with Gasteiger partial charge in [-0.1, -0.05) is 90.5 Å². The van der Waals surface area contributed by atoms with Crippen molar-refractivity contribution < 1.29 is 9.90 Å². The Labute approximate surface area is 172 Å². The van der Waals surface area contributed by atoms with Crippen LogP contribution in [0.5, 0.6) is 0 Å². The third kappa shape index (κ3) is 4.56. The molecule has 0 aromatic heterocycles. The van der Waals surface area contributed by atoms with Crippen molar-refractivity contribution in [2.24, 2.45) is 5.73 Å². The van der Waals surface area contributed by atoms with Crippen molar-refractivity contribution in [2.45, 2.75) is 31.3 Å². The highest BCUT2D eigenvalue weighted by Crippen LogP contribution is 2.37. The zero-order valence-corrected chi connectivity index (χ0v) is 16.7. The van der Waals surface area contributed by atoms with Gasteiger partial charge in [0.2, 0.25) is 0 Å². The number of rotatable bonds is 9. The molecule has 0 fully saturated rings. The van der Waals surface area contributed by atoms with Crippen LogP contribution < -0.4 is 11.1 Å². The third-order valence-electron chi connectivity index (χ3n) is 5.28. The largest absolute Gasteiger partial charge is 0.480 e. The van der Waals surface area contributed by atoms with E-state index in [1.165, 1.54) is 0 Å². The van der Waals surface area contributed by atoms with E-state index in [4.69, 9.17) is 5.73 Å². The van der Waals surface area contributed by atoms with E-state index in [-0.39, 0.29) is 0 Å². The van der Waals surface area contributed by atoms with Crippen molar-refractivity contribution in [3.63, 3.8) is 0 Å². The van der Waals surface area contributed by atoms with Crippen molar-refractivity contribution in [3.8, 4) is 0 Å². The summed E-state index contributed by atoms with van der Waals surface area (Å²) in [6, 6.07) is 27.6. The quantitative estimate of drug-likeness (QED) is 0.483. The van der Waals surface area contributed by atoms with Crippen LogP contribution in [0.2, 0.25) is 0 Å². The first-order valence-electron chi connectivity index (χ1n) is 9.96. The number of nitrogens with two attached hydrogens (primary N) is 1. The SMILES string of the molecule is Cc1ccc(C(NC(CCCN)C(=O)O)(c2ccccc2)c2ccccc2)cc1. The molecule has 4 heteroatoms. The Morgan fingerprint density at radius 3 is 1.83 bits per heavy atom. The number of benzene rings is 3. The molecule has 0 radical (unpaired) electrons. The fraction of sp³-hybridized carbons (Fsp3) is 0.240. The molecule has 1 unspecified atom stereocenters. The minimum Gasteiger partial charge on any atom is -0.480 e. The maximum Gasteiger partial charge on any atom is 0.320 e. The Hall–Kier alpha value is -2.95. The van der Waals surface area contributed by atoms with Gasteiger partial charge in [0.15, 0.2) is 0 Å². The minimum atomic E-state index is -0.873. The molecule has 150 valence electrons. The summed E-state index contributed by atoms with van der Waals surface area (Å²) in [7, 11) is 0. The lowest BCUT2D eigenvalue weighted by molar-refractivity contribution is -0.140. The average molecular weight is 389 g/mol. The molecule has 0 bridgehead atoms. The maximum atomic E-state index is 12.1. The van der Waals surface area contributed by atoms with Crippen molar-refractivity contribution in [1.82, 2.24) is 5.32 Å². The van der Waals surface area contributed by atoms with Gasteiger partial charge in [0.25, 0.3) is 0 Å². The number of nitrogens with one attached hydrogen (secondary N) is 1. The number of hydrogen-bond acceptors (Lipinski definition) is 3. The summed E-state index contributed by atoms with van der Waals surface area (Å²) >= 11 is 0. The minimum absolute atomic E-state index is 0.457. The fourth-order valence-electron chi connectivity index (χ4n) is 3.77. The molecule has 0 amide bonds. The number of hydrogen-bond donors (Lipinski definition) is 3. The molecule has 0 saturated heterocycles. The second-order valence-electron chi connectivity index (χ2n) is 7.31. The van der Waals surface area contributed by atoms with Crippen LogP contribution in [0, 0.1) is 6.92 Å². The predicted molar refractivity (Wildman–Crippen MR) is 117 cm³/mol. The van der Waals surface area contributed by atoms with Crippen molar-refractivity contribution >= 4 is 5.97 Å². The smallest absolute Gasteiger partial charge is 0.320 e. The van der Waals surface area contributed by atoms with E-state index in [0.717, 1.165) is 22.3 Å². The van der Waals surface area contributed by atoms with Crippen LogP contribution in [0.4, 0.5) is 0 Å². The lowest BCUT2D eigenvalue weighted by Gasteiger charge is -2.39. The molecule has 29 heavy (non-hydrogen) atoms. The van der Waals surface area contributed by atoms with E-state index in [2.05, 4.69) is 29.6 Å². The van der Waals surface area contributed by atoms with Gasteiger partial charge in [-0.25, -0.2) is 0 Å². The number of carboxylic acids is 1. The van der Waals surface area contributed by atoms with Gasteiger partial charge < -0.3 is 10.8 Å². The second-order valence-corrected chi connectivity index (χ2v) is 7.31. The Balaban J connectivity index is 2.24. The number of carbonyl (C=O) groups is 1. The van der Waals surface area contributed by atoms with Crippen LogP contribution in [-0.4, -0.2) is 23.7 Å². The van der Waals surface area contributed by atoms with Gasteiger partial charge in [-0.3, -0.25) is 10.1 Å². The van der Waals surface area contributed by atoms with Gasteiger partial charge >= 0.3 is 5.97 Å². The highest BCUT2D eigenvalue weighted by atomic mass is 16.4. The average Bonchev–Trinajstić information content (AvgIpc) is 2.76. The normalized spacial score (nSPS) is 12.5. The first-order chi connectivity index (χ1) is 14.1. The number of aliphatic carboxylic acids is 1. The molecule has 0 heterocycles. The van der Waals surface area contributed by atoms with Crippen LogP contribution >= 0.6 is 0 Å². The predicted octanol–water partition coefficient (Wildman–Crippen LogP) is 4.07. The van der Waals surface area contributed by atoms with Crippen LogP contribution in [0.1, 0.15) is 35.1 Å². The molecule has 0 aliphatic rings. The van der Waals surface area contributed by atoms with Gasteiger partial charge in [0, 0.05) is 0 Å². The Bertz CT molecular complexity index is 869. The van der Waals surface area contributed by atoms with E-state index in [0.29, 0.717) is 19.4 Å². The van der Waals surface area contributed by atoms with E-state index in [9.17, 15) is 9.90 Å². The number of aryl methyl sites for hydroxylation is 1. The molecule has 0 spiro atoms. The number of carboxylic acid groups (broad SMARTS) is 1. The molecular weight excluding hydrogens is 360 g/mol. The first kappa shape index (κ1) is 20.8. The zero-order valence-electron chi connectivity index (χ0n) is 16.7. The highest BCUT2D eigenvalue weighted by molar-refractivity contribution is 5.74. The molecule has 0 aliphatic heterocycles. The monoisotopic (exact) mass is 388 g/mol. The Morgan fingerprint density at radius 2 is 1.38 bits per heavy atom. The van der Waals surface area contributed by atoms with Gasteiger partial charge in [0.1, 0.15) is 6.04 Å². The van der Waals surface area contributed by atoms with Gasteiger partial charge in [-0.15, -0.1) is 0 Å². The summed E-state index contributed by atoms with van der Waals surface area (Å²) in [6.45, 7) is 2.50. The summed E-state index contributed by atoms with van der Waals surface area (Å²) in [4.78, 5) is 12.1. The lowest BCUT2D eigenvalue weighted by atomic mass is 9.76. The van der Waals surface area contributed by atoms with Gasteiger partial charge in [0.05, 0.1) is 5.54 Å². The fourth-order valence-corrected chi connectivity index (χ4v) is 3.77. The molecule has 3 rings (SSSR count). The molecule has 0 saturated carbocycles. The lowest BCUT2D eigenvalue weighted by Crippen LogP contribution is -2.52. The summed E-state index contributed by atoms with van der Waals surface area (Å²) in [6.07, 6.45) is 1.09. The molecule has 0 aliphatic carbocycles. The van der Waals surface area contributed by atoms with E-state index >= 15 is 0 Å². The molecule has 4 nitrogen and oxygen atoms in total. The summed E-state index contributed by atoms with van der Waals surface area (Å²) < 4.78 is 0. The highest BCUT2D eigenvalue weighted by Gasteiger charge is 2.39. The molecular formula is C25H28N2O2. The van der Waals surface area contributed by atoms with Crippen molar-refractivity contribution in [1.29, 1.82) is 0 Å².